The molecule has 5 nitrogen and oxygen atoms in total. The molecule has 26 heavy (non-hydrogen) atoms. The fourth-order valence-electron chi connectivity index (χ4n) is 3.21. The molecule has 0 aliphatic carbocycles. The van der Waals surface area contributed by atoms with Crippen LogP contribution in [-0.4, -0.2) is 46.7 Å². The number of thioether (sulfide) groups is 1. The van der Waals surface area contributed by atoms with Gasteiger partial charge >= 0.3 is 0 Å². The zero-order chi connectivity index (χ0) is 18.1. The van der Waals surface area contributed by atoms with E-state index in [-0.39, 0.29) is 0 Å². The van der Waals surface area contributed by atoms with Gasteiger partial charge in [-0.05, 0) is 19.1 Å². The number of aryl methyl sites for hydroxylation is 1. The van der Waals surface area contributed by atoms with Crippen molar-refractivity contribution in [3.05, 3.63) is 65.7 Å². The summed E-state index contributed by atoms with van der Waals surface area (Å²) in [7, 11) is 0. The number of aliphatic hydroxyl groups is 2. The summed E-state index contributed by atoms with van der Waals surface area (Å²) in [4.78, 5) is 0.977. The maximum Gasteiger partial charge on any atom is 0.184 e. The molecule has 2 aromatic carbocycles. The van der Waals surface area contributed by atoms with Crippen molar-refractivity contribution in [1.29, 1.82) is 0 Å². The highest BCUT2D eigenvalue weighted by Crippen LogP contribution is 2.38. The molecule has 0 radical (unpaired) electrons. The Morgan fingerprint density at radius 1 is 0.923 bits per heavy atom. The molecule has 4 rings (SSSR count). The van der Waals surface area contributed by atoms with Crippen LogP contribution >= 0.6 is 11.8 Å². The number of rotatable bonds is 3. The Morgan fingerprint density at radius 3 is 2.38 bits per heavy atom. The molecule has 2 aliphatic rings. The number of aliphatic hydroxyl groups excluding tert-OH is 2. The van der Waals surface area contributed by atoms with Gasteiger partial charge in [-0.3, -0.25) is 0 Å². The minimum atomic E-state index is -1.04. The second kappa shape index (κ2) is 7.68. The van der Waals surface area contributed by atoms with Crippen molar-refractivity contribution in [3.8, 4) is 0 Å². The molecule has 2 saturated heterocycles. The summed E-state index contributed by atoms with van der Waals surface area (Å²) in [6.07, 6.45) is -3.69. The Bertz CT molecular complexity index is 721. The van der Waals surface area contributed by atoms with E-state index in [0.29, 0.717) is 6.61 Å². The summed E-state index contributed by atoms with van der Waals surface area (Å²) < 4.78 is 17.7. The maximum atomic E-state index is 10.6. The van der Waals surface area contributed by atoms with Crippen LogP contribution in [-0.2, 0) is 14.2 Å². The first-order chi connectivity index (χ1) is 12.6. The van der Waals surface area contributed by atoms with Crippen molar-refractivity contribution in [2.45, 2.75) is 48.0 Å². The first-order valence-corrected chi connectivity index (χ1v) is 9.57. The van der Waals surface area contributed by atoms with Crippen LogP contribution in [0.5, 0.6) is 0 Å². The molecule has 2 aromatic rings. The van der Waals surface area contributed by atoms with E-state index in [2.05, 4.69) is 0 Å². The van der Waals surface area contributed by atoms with Crippen molar-refractivity contribution in [1.82, 2.24) is 0 Å². The molecule has 6 atom stereocenters. The van der Waals surface area contributed by atoms with Gasteiger partial charge in [0.2, 0.25) is 0 Å². The molecule has 2 fully saturated rings. The third-order valence-corrected chi connectivity index (χ3v) is 5.84. The van der Waals surface area contributed by atoms with Gasteiger partial charge in [0.05, 0.1) is 6.61 Å². The fourth-order valence-corrected chi connectivity index (χ4v) is 4.27. The van der Waals surface area contributed by atoms with Crippen LogP contribution in [0, 0.1) is 6.92 Å². The summed E-state index contributed by atoms with van der Waals surface area (Å²) >= 11 is 1.39. The van der Waals surface area contributed by atoms with E-state index in [1.807, 2.05) is 61.5 Å². The average Bonchev–Trinajstić information content (AvgIpc) is 2.68. The second-order valence-electron chi connectivity index (χ2n) is 6.63. The van der Waals surface area contributed by atoms with Gasteiger partial charge in [-0.1, -0.05) is 59.8 Å². The van der Waals surface area contributed by atoms with Crippen LogP contribution < -0.4 is 0 Å². The zero-order valence-corrected chi connectivity index (χ0v) is 15.2. The Morgan fingerprint density at radius 2 is 1.65 bits per heavy atom. The lowest BCUT2D eigenvalue weighted by Gasteiger charge is -2.46. The summed E-state index contributed by atoms with van der Waals surface area (Å²) in [5.74, 6) is 0. The molecule has 2 heterocycles. The lowest BCUT2D eigenvalue weighted by molar-refractivity contribution is -0.318. The molecule has 138 valence electrons. The highest BCUT2D eigenvalue weighted by Gasteiger charge is 2.49. The SMILES string of the molecule is Cc1ccc(S[C@@H]2O[C@@H]3COC(c4ccccc4)O[C@@H]3[C@H](O)[C@H]2O)cc1. The van der Waals surface area contributed by atoms with Gasteiger partial charge in [0.15, 0.2) is 6.29 Å². The first kappa shape index (κ1) is 18.0. The standard InChI is InChI=1S/C20H22O5S/c1-12-7-9-14(10-8-12)26-20-17(22)16(21)18-15(24-20)11-23-19(25-18)13-5-3-2-4-6-13/h2-10,15-22H,11H2,1H3/t15-,16-,17-,18+,19?,20+/m1/s1. The monoisotopic (exact) mass is 374 g/mol. The van der Waals surface area contributed by atoms with Crippen molar-refractivity contribution in [2.75, 3.05) is 6.61 Å². The van der Waals surface area contributed by atoms with Gasteiger partial charge in [0, 0.05) is 10.5 Å². The molecule has 1 unspecified atom stereocenters. The Hall–Kier alpha value is -1.41. The summed E-state index contributed by atoms with van der Waals surface area (Å²) in [5, 5.41) is 21.1. The van der Waals surface area contributed by atoms with Gasteiger partial charge in [-0.15, -0.1) is 0 Å². The first-order valence-electron chi connectivity index (χ1n) is 8.69. The maximum absolute atomic E-state index is 10.6. The summed E-state index contributed by atoms with van der Waals surface area (Å²) in [6, 6.07) is 17.5. The van der Waals surface area contributed by atoms with Crippen LogP contribution in [0.25, 0.3) is 0 Å². The normalized spacial score (nSPS) is 34.3. The van der Waals surface area contributed by atoms with E-state index in [0.717, 1.165) is 10.5 Å². The highest BCUT2D eigenvalue weighted by atomic mass is 32.2. The van der Waals surface area contributed by atoms with Crippen molar-refractivity contribution in [2.24, 2.45) is 0 Å². The van der Waals surface area contributed by atoms with E-state index in [4.69, 9.17) is 14.2 Å². The van der Waals surface area contributed by atoms with Crippen molar-refractivity contribution in [3.63, 3.8) is 0 Å². The lowest BCUT2D eigenvalue weighted by atomic mass is 9.99. The van der Waals surface area contributed by atoms with Gasteiger partial charge < -0.3 is 24.4 Å². The zero-order valence-electron chi connectivity index (χ0n) is 14.4. The molecule has 0 saturated carbocycles. The van der Waals surface area contributed by atoms with Gasteiger partial charge in [-0.25, -0.2) is 0 Å². The van der Waals surface area contributed by atoms with Gasteiger partial charge in [-0.2, -0.15) is 0 Å². The minimum absolute atomic E-state index is 0.305. The minimum Gasteiger partial charge on any atom is -0.387 e. The third-order valence-electron chi connectivity index (χ3n) is 4.68. The van der Waals surface area contributed by atoms with E-state index in [1.165, 1.54) is 17.3 Å². The topological polar surface area (TPSA) is 68.2 Å². The predicted octanol–water partition coefficient (Wildman–Crippen LogP) is 2.65. The molecular formula is C20H22O5S. The smallest absolute Gasteiger partial charge is 0.184 e. The van der Waals surface area contributed by atoms with Crippen LogP contribution in [0.3, 0.4) is 0 Å². The summed E-state index contributed by atoms with van der Waals surface area (Å²) in [6.45, 7) is 2.33. The number of fused-ring (bicyclic) bond motifs is 1. The predicted molar refractivity (Wildman–Crippen MR) is 97.7 cm³/mol. The summed E-state index contributed by atoms with van der Waals surface area (Å²) in [5.41, 5.74) is 1.47. The van der Waals surface area contributed by atoms with Crippen LogP contribution in [0.2, 0.25) is 0 Å². The Labute approximate surface area is 156 Å². The quantitative estimate of drug-likeness (QED) is 0.861. The molecule has 6 heteroatoms. The van der Waals surface area contributed by atoms with Crippen LogP contribution in [0.1, 0.15) is 17.4 Å². The average molecular weight is 374 g/mol. The molecule has 0 bridgehead atoms. The Balaban J connectivity index is 1.45. The van der Waals surface area contributed by atoms with E-state index < -0.39 is 36.1 Å². The van der Waals surface area contributed by atoms with Crippen molar-refractivity contribution >= 4 is 11.8 Å². The molecule has 0 aromatic heterocycles. The number of hydrogen-bond acceptors (Lipinski definition) is 6. The van der Waals surface area contributed by atoms with E-state index in [1.54, 1.807) is 0 Å². The molecule has 0 amide bonds. The number of hydrogen-bond donors (Lipinski definition) is 2. The molecular weight excluding hydrogens is 352 g/mol. The van der Waals surface area contributed by atoms with E-state index in [9.17, 15) is 10.2 Å². The molecule has 0 spiro atoms. The molecule has 2 aliphatic heterocycles. The number of ether oxygens (including phenoxy) is 3. The number of benzene rings is 2. The van der Waals surface area contributed by atoms with Gasteiger partial charge in [0.1, 0.15) is 29.9 Å². The Kier molecular flexibility index (Phi) is 5.31. The van der Waals surface area contributed by atoms with Crippen molar-refractivity contribution < 1.29 is 24.4 Å². The van der Waals surface area contributed by atoms with E-state index >= 15 is 0 Å². The second-order valence-corrected chi connectivity index (χ2v) is 7.80. The molecule has 2 N–H and O–H groups in total. The largest absolute Gasteiger partial charge is 0.387 e. The third kappa shape index (κ3) is 3.67. The fraction of sp³-hybridized carbons (Fsp3) is 0.400. The highest BCUT2D eigenvalue weighted by molar-refractivity contribution is 7.99. The lowest BCUT2D eigenvalue weighted by Crippen LogP contribution is -2.60. The van der Waals surface area contributed by atoms with Crippen LogP contribution in [0.15, 0.2) is 59.5 Å². The van der Waals surface area contributed by atoms with Crippen LogP contribution in [0.4, 0.5) is 0 Å². The van der Waals surface area contributed by atoms with Gasteiger partial charge in [0.25, 0.3) is 0 Å².